The average Bonchev–Trinajstić information content (AvgIpc) is 3.04. The Hall–Kier alpha value is -1.63. The molecule has 3 rings (SSSR count). The zero-order valence-electron chi connectivity index (χ0n) is 13.8. The Labute approximate surface area is 147 Å². The van der Waals surface area contributed by atoms with E-state index < -0.39 is 6.10 Å². The molecular weight excluding hydrogens is 320 g/mol. The first-order chi connectivity index (χ1) is 11.8. The minimum atomic E-state index is -0.507. The van der Waals surface area contributed by atoms with Gasteiger partial charge in [0, 0.05) is 18.2 Å². The summed E-state index contributed by atoms with van der Waals surface area (Å²) in [5, 5.41) is 23.4. The summed E-state index contributed by atoms with van der Waals surface area (Å²) in [5.74, 6) is 2.06. The fourth-order valence-corrected chi connectivity index (χ4v) is 3.94. The molecule has 0 amide bonds. The van der Waals surface area contributed by atoms with Crippen molar-refractivity contribution in [2.45, 2.75) is 36.6 Å². The van der Waals surface area contributed by atoms with Crippen LogP contribution < -0.4 is 5.32 Å². The molecule has 1 fully saturated rings. The van der Waals surface area contributed by atoms with Gasteiger partial charge in [-0.05, 0) is 31.5 Å². The van der Waals surface area contributed by atoms with Crippen molar-refractivity contribution >= 4 is 11.8 Å². The molecule has 6 heteroatoms. The van der Waals surface area contributed by atoms with Gasteiger partial charge in [0.25, 0.3) is 0 Å². The van der Waals surface area contributed by atoms with E-state index in [0.717, 1.165) is 42.5 Å². The lowest BCUT2D eigenvalue weighted by Gasteiger charge is -2.22. The van der Waals surface area contributed by atoms with E-state index in [-0.39, 0.29) is 0 Å². The summed E-state index contributed by atoms with van der Waals surface area (Å²) >= 11 is 1.55. The SMILES string of the molecule is C=CCn1c(SC[C@H](O)c2ccccc2)nnc1C1CCNCC1. The first-order valence-corrected chi connectivity index (χ1v) is 9.38. The van der Waals surface area contributed by atoms with Crippen LogP contribution >= 0.6 is 11.8 Å². The summed E-state index contributed by atoms with van der Waals surface area (Å²) in [4.78, 5) is 0. The van der Waals surface area contributed by atoms with Crippen molar-refractivity contribution < 1.29 is 5.11 Å². The monoisotopic (exact) mass is 344 g/mol. The van der Waals surface area contributed by atoms with Gasteiger partial charge in [-0.3, -0.25) is 0 Å². The predicted molar refractivity (Wildman–Crippen MR) is 97.2 cm³/mol. The van der Waals surface area contributed by atoms with E-state index in [1.54, 1.807) is 11.8 Å². The lowest BCUT2D eigenvalue weighted by atomic mass is 9.97. The number of hydrogen-bond donors (Lipinski definition) is 2. The average molecular weight is 344 g/mol. The summed E-state index contributed by atoms with van der Waals surface area (Å²) in [6.07, 6.45) is 3.55. The van der Waals surface area contributed by atoms with Gasteiger partial charge in [-0.15, -0.1) is 16.8 Å². The van der Waals surface area contributed by atoms with E-state index in [1.165, 1.54) is 0 Å². The van der Waals surface area contributed by atoms with Crippen LogP contribution in [0.25, 0.3) is 0 Å². The maximum atomic E-state index is 10.4. The van der Waals surface area contributed by atoms with Gasteiger partial charge < -0.3 is 15.0 Å². The largest absolute Gasteiger partial charge is 0.388 e. The predicted octanol–water partition coefficient (Wildman–Crippen LogP) is 2.76. The number of aliphatic hydroxyl groups excluding tert-OH is 1. The van der Waals surface area contributed by atoms with Crippen LogP contribution in [0.3, 0.4) is 0 Å². The number of aromatic nitrogens is 3. The highest BCUT2D eigenvalue weighted by atomic mass is 32.2. The Balaban J connectivity index is 1.70. The van der Waals surface area contributed by atoms with E-state index in [1.807, 2.05) is 36.4 Å². The Bertz CT molecular complexity index is 652. The summed E-state index contributed by atoms with van der Waals surface area (Å²) in [7, 11) is 0. The van der Waals surface area contributed by atoms with E-state index >= 15 is 0 Å². The molecule has 2 heterocycles. The normalized spacial score (nSPS) is 16.9. The van der Waals surface area contributed by atoms with Crippen molar-refractivity contribution in [2.75, 3.05) is 18.8 Å². The molecule has 0 spiro atoms. The third-order valence-electron chi connectivity index (χ3n) is 4.32. The zero-order valence-corrected chi connectivity index (χ0v) is 14.6. The first kappa shape index (κ1) is 17.2. The van der Waals surface area contributed by atoms with E-state index in [9.17, 15) is 5.11 Å². The van der Waals surface area contributed by atoms with Crippen molar-refractivity contribution in [3.8, 4) is 0 Å². The molecule has 5 nitrogen and oxygen atoms in total. The van der Waals surface area contributed by atoms with Crippen molar-refractivity contribution in [2.24, 2.45) is 0 Å². The molecule has 24 heavy (non-hydrogen) atoms. The van der Waals surface area contributed by atoms with Gasteiger partial charge >= 0.3 is 0 Å². The molecule has 1 aromatic heterocycles. The van der Waals surface area contributed by atoms with Crippen molar-refractivity contribution in [3.05, 3.63) is 54.4 Å². The van der Waals surface area contributed by atoms with E-state index in [2.05, 4.69) is 26.7 Å². The number of aliphatic hydroxyl groups is 1. The second-order valence-electron chi connectivity index (χ2n) is 6.00. The summed E-state index contributed by atoms with van der Waals surface area (Å²) in [5.41, 5.74) is 0.929. The van der Waals surface area contributed by atoms with Gasteiger partial charge in [0.1, 0.15) is 5.82 Å². The molecule has 0 unspecified atom stereocenters. The second kappa shape index (κ2) is 8.46. The molecule has 0 radical (unpaired) electrons. The zero-order chi connectivity index (χ0) is 16.8. The number of nitrogens with zero attached hydrogens (tertiary/aromatic N) is 3. The summed E-state index contributed by atoms with van der Waals surface area (Å²) < 4.78 is 2.14. The van der Waals surface area contributed by atoms with E-state index in [4.69, 9.17) is 0 Å². The third kappa shape index (κ3) is 4.06. The van der Waals surface area contributed by atoms with Gasteiger partial charge in [0.2, 0.25) is 0 Å². The highest BCUT2D eigenvalue weighted by Gasteiger charge is 2.23. The highest BCUT2D eigenvalue weighted by Crippen LogP contribution is 2.29. The van der Waals surface area contributed by atoms with Crippen LogP contribution in [0.1, 0.15) is 36.3 Å². The van der Waals surface area contributed by atoms with Gasteiger partial charge in [-0.1, -0.05) is 48.2 Å². The Morgan fingerprint density at radius 3 is 2.75 bits per heavy atom. The fourth-order valence-electron chi connectivity index (χ4n) is 3.01. The van der Waals surface area contributed by atoms with Crippen LogP contribution in [-0.4, -0.2) is 38.7 Å². The molecule has 0 aliphatic carbocycles. The molecule has 0 saturated carbocycles. The molecule has 1 aromatic carbocycles. The van der Waals surface area contributed by atoms with Gasteiger partial charge in [0.05, 0.1) is 6.10 Å². The molecular formula is C18H24N4OS. The quantitative estimate of drug-likeness (QED) is 0.597. The lowest BCUT2D eigenvalue weighted by Crippen LogP contribution is -2.28. The third-order valence-corrected chi connectivity index (χ3v) is 5.36. The first-order valence-electron chi connectivity index (χ1n) is 8.40. The molecule has 2 N–H and O–H groups in total. The Morgan fingerprint density at radius 2 is 2.04 bits per heavy atom. The smallest absolute Gasteiger partial charge is 0.191 e. The Kier molecular flexibility index (Phi) is 6.07. The summed E-state index contributed by atoms with van der Waals surface area (Å²) in [6.45, 7) is 6.62. The molecule has 2 aromatic rings. The second-order valence-corrected chi connectivity index (χ2v) is 6.99. The maximum absolute atomic E-state index is 10.4. The van der Waals surface area contributed by atoms with Crippen LogP contribution in [0.15, 0.2) is 48.1 Å². The topological polar surface area (TPSA) is 63.0 Å². The number of benzene rings is 1. The number of thioether (sulfide) groups is 1. The van der Waals surface area contributed by atoms with Gasteiger partial charge in [-0.25, -0.2) is 0 Å². The van der Waals surface area contributed by atoms with Crippen LogP contribution in [0.5, 0.6) is 0 Å². The number of nitrogens with one attached hydrogen (secondary N) is 1. The molecule has 0 bridgehead atoms. The minimum absolute atomic E-state index is 0.451. The van der Waals surface area contributed by atoms with Crippen molar-refractivity contribution in [3.63, 3.8) is 0 Å². The molecule has 1 aliphatic rings. The van der Waals surface area contributed by atoms with Crippen molar-refractivity contribution in [1.82, 2.24) is 20.1 Å². The standard InChI is InChI=1S/C18H24N4OS/c1-2-12-22-17(15-8-10-19-11-9-15)20-21-18(22)24-13-16(23)14-6-4-3-5-7-14/h2-7,15-16,19,23H,1,8-13H2/t16-/m0/s1. The molecule has 1 saturated heterocycles. The number of piperidine rings is 1. The molecule has 128 valence electrons. The molecule has 1 aliphatic heterocycles. The Morgan fingerprint density at radius 1 is 1.29 bits per heavy atom. The van der Waals surface area contributed by atoms with Crippen LogP contribution in [0.4, 0.5) is 0 Å². The fraction of sp³-hybridized carbons (Fsp3) is 0.444. The van der Waals surface area contributed by atoms with Crippen LogP contribution in [-0.2, 0) is 6.54 Å². The van der Waals surface area contributed by atoms with E-state index in [0.29, 0.717) is 18.2 Å². The number of allylic oxidation sites excluding steroid dienone is 1. The number of hydrogen-bond acceptors (Lipinski definition) is 5. The highest BCUT2D eigenvalue weighted by molar-refractivity contribution is 7.99. The van der Waals surface area contributed by atoms with Gasteiger partial charge in [-0.2, -0.15) is 0 Å². The minimum Gasteiger partial charge on any atom is -0.388 e. The van der Waals surface area contributed by atoms with Crippen LogP contribution in [0, 0.1) is 0 Å². The number of rotatable bonds is 7. The molecule has 1 atom stereocenters. The van der Waals surface area contributed by atoms with Gasteiger partial charge in [0.15, 0.2) is 5.16 Å². The van der Waals surface area contributed by atoms with Crippen LogP contribution in [0.2, 0.25) is 0 Å². The summed E-state index contributed by atoms with van der Waals surface area (Å²) in [6, 6.07) is 9.73. The maximum Gasteiger partial charge on any atom is 0.191 e. The lowest BCUT2D eigenvalue weighted by molar-refractivity contribution is 0.204. The van der Waals surface area contributed by atoms with Crippen molar-refractivity contribution in [1.29, 1.82) is 0 Å².